The number of nitrogens with one attached hydrogen (secondary N) is 1. The third-order valence-electron chi connectivity index (χ3n) is 6.75. The van der Waals surface area contributed by atoms with Crippen LogP contribution in [0.5, 0.6) is 5.88 Å². The van der Waals surface area contributed by atoms with E-state index in [4.69, 9.17) is 29.0 Å². The van der Waals surface area contributed by atoms with Crippen molar-refractivity contribution < 1.29 is 46.9 Å². The van der Waals surface area contributed by atoms with E-state index in [1.54, 1.807) is 51.1 Å². The van der Waals surface area contributed by atoms with Crippen LogP contribution in [0.4, 0.5) is 16.0 Å². The summed E-state index contributed by atoms with van der Waals surface area (Å²) >= 11 is 0.913. The van der Waals surface area contributed by atoms with Crippen LogP contribution in [-0.2, 0) is 32.7 Å². The van der Waals surface area contributed by atoms with Crippen LogP contribution < -0.4 is 15.6 Å². The van der Waals surface area contributed by atoms with Gasteiger partial charge in [0.05, 0.1) is 31.6 Å². The maximum Gasteiger partial charge on any atom is 0.432 e. The summed E-state index contributed by atoms with van der Waals surface area (Å²) in [5, 5.41) is 13.4. The SMILES string of the molecule is CCOc1nc(N)nc2c1ncn2[C@@H]1O[C@H](COP(=O)(Nc2ccccc2)OCCSC(=O)C(C)(C)COC=O)[C@@H](O)[C@@]1(C)F. The van der Waals surface area contributed by atoms with E-state index in [1.807, 2.05) is 0 Å². The molecule has 1 aromatic carbocycles. The number of ether oxygens (including phenoxy) is 3. The number of carbonyl (C=O) groups is 2. The number of carbonyl (C=O) groups excluding carboxylic acids is 2. The fourth-order valence-corrected chi connectivity index (χ4v) is 6.67. The number of thioether (sulfide) groups is 1. The third-order valence-corrected chi connectivity index (χ3v) is 9.48. The zero-order chi connectivity index (χ0) is 32.8. The first-order valence-electron chi connectivity index (χ1n) is 13.9. The van der Waals surface area contributed by atoms with E-state index in [1.165, 1.54) is 10.9 Å². The van der Waals surface area contributed by atoms with Gasteiger partial charge in [0.2, 0.25) is 11.8 Å². The molecule has 1 aliphatic rings. The standard InChI is InChI=1S/C27H36FN6O9PS/c1-5-40-22-19-21(31-25(29)32-22)34(15-30-19)23-27(4,28)20(36)18(43-23)13-42-44(38,33-17-9-7-6-8-10-17)41-11-12-45-24(37)26(2,3)14-39-16-35/h6-10,15-16,18,20,23,36H,5,11-14H2,1-4H3,(H,33,38)(H2,29,31,32)/t18-,20-,23-,27-,44?/m1/s1. The van der Waals surface area contributed by atoms with Gasteiger partial charge in [-0.05, 0) is 39.8 Å². The molecule has 1 aliphatic heterocycles. The number of nitrogens with two attached hydrogens (primary N) is 1. The van der Waals surface area contributed by atoms with Crippen molar-refractivity contribution in [3.63, 3.8) is 0 Å². The molecule has 0 bridgehead atoms. The number of para-hydroxylation sites is 1. The van der Waals surface area contributed by atoms with Gasteiger partial charge >= 0.3 is 7.75 Å². The Morgan fingerprint density at radius 1 is 1.31 bits per heavy atom. The molecule has 1 saturated heterocycles. The number of hydrogen-bond acceptors (Lipinski definition) is 14. The number of nitrogens with zero attached hydrogens (tertiary/aromatic N) is 4. The van der Waals surface area contributed by atoms with Crippen LogP contribution in [0, 0.1) is 5.41 Å². The van der Waals surface area contributed by atoms with Crippen molar-refractivity contribution in [3.8, 4) is 5.88 Å². The lowest BCUT2D eigenvalue weighted by Gasteiger charge is -2.25. The van der Waals surface area contributed by atoms with Crippen LogP contribution >= 0.6 is 19.5 Å². The second-order valence-electron chi connectivity index (χ2n) is 10.8. The number of imidazole rings is 1. The number of rotatable bonds is 16. The number of anilines is 2. The molecule has 0 amide bonds. The second kappa shape index (κ2) is 14.4. The Labute approximate surface area is 262 Å². The number of aliphatic hydroxyl groups excluding tert-OH is 1. The maximum atomic E-state index is 16.1. The summed E-state index contributed by atoms with van der Waals surface area (Å²) in [5.74, 6) is 0.0815. The van der Waals surface area contributed by atoms with Crippen LogP contribution in [0.25, 0.3) is 11.2 Å². The Kier molecular flexibility index (Phi) is 11.0. The number of halogens is 1. The Hall–Kier alpha value is -3.34. The highest BCUT2D eigenvalue weighted by atomic mass is 32.2. The molecule has 0 saturated carbocycles. The molecular formula is C27H36FN6O9PS. The van der Waals surface area contributed by atoms with Gasteiger partial charge in [-0.1, -0.05) is 30.0 Å². The van der Waals surface area contributed by atoms with Gasteiger partial charge < -0.3 is 25.1 Å². The molecule has 246 valence electrons. The highest BCUT2D eigenvalue weighted by molar-refractivity contribution is 8.13. The molecule has 0 radical (unpaired) electrons. The monoisotopic (exact) mass is 670 g/mol. The fraction of sp³-hybridized carbons (Fsp3) is 0.519. The zero-order valence-corrected chi connectivity index (χ0v) is 26.8. The minimum absolute atomic E-state index is 0.0958. The minimum Gasteiger partial charge on any atom is -0.476 e. The van der Waals surface area contributed by atoms with Crippen molar-refractivity contribution in [2.24, 2.45) is 5.41 Å². The molecule has 1 fully saturated rings. The number of fused-ring (bicyclic) bond motifs is 1. The van der Waals surface area contributed by atoms with Gasteiger partial charge in [-0.2, -0.15) is 9.97 Å². The second-order valence-corrected chi connectivity index (χ2v) is 13.6. The van der Waals surface area contributed by atoms with Gasteiger partial charge in [0.1, 0.15) is 18.8 Å². The van der Waals surface area contributed by atoms with Gasteiger partial charge in [0, 0.05) is 11.4 Å². The smallest absolute Gasteiger partial charge is 0.432 e. The van der Waals surface area contributed by atoms with Crippen LogP contribution in [0.15, 0.2) is 36.7 Å². The van der Waals surface area contributed by atoms with Crippen molar-refractivity contribution in [2.75, 3.05) is 43.0 Å². The molecule has 5 atom stereocenters. The fourth-order valence-electron chi connectivity index (χ4n) is 4.40. The van der Waals surface area contributed by atoms with Crippen LogP contribution in [0.1, 0.15) is 33.9 Å². The minimum atomic E-state index is -4.15. The van der Waals surface area contributed by atoms with E-state index in [0.717, 1.165) is 18.7 Å². The van der Waals surface area contributed by atoms with Crippen molar-refractivity contribution in [3.05, 3.63) is 36.7 Å². The van der Waals surface area contributed by atoms with Crippen LogP contribution in [-0.4, -0.2) is 86.3 Å². The van der Waals surface area contributed by atoms with Gasteiger partial charge in [-0.3, -0.25) is 28.3 Å². The van der Waals surface area contributed by atoms with Crippen LogP contribution in [0.2, 0.25) is 0 Å². The first-order valence-corrected chi connectivity index (χ1v) is 16.4. The molecule has 4 N–H and O–H groups in total. The molecule has 1 unspecified atom stereocenters. The van der Waals surface area contributed by atoms with Crippen LogP contribution in [0.3, 0.4) is 0 Å². The number of nitrogen functional groups attached to an aromatic ring is 1. The lowest BCUT2D eigenvalue weighted by Crippen LogP contribution is -2.40. The maximum absolute atomic E-state index is 16.1. The summed E-state index contributed by atoms with van der Waals surface area (Å²) in [4.78, 5) is 35.5. The number of hydrogen-bond donors (Lipinski definition) is 3. The van der Waals surface area contributed by atoms with Crippen molar-refractivity contribution in [1.29, 1.82) is 0 Å². The van der Waals surface area contributed by atoms with E-state index >= 15 is 4.39 Å². The van der Waals surface area contributed by atoms with E-state index in [-0.39, 0.29) is 60.2 Å². The molecule has 15 nitrogen and oxygen atoms in total. The summed E-state index contributed by atoms with van der Waals surface area (Å²) in [6.07, 6.45) is -3.17. The Morgan fingerprint density at radius 2 is 2.04 bits per heavy atom. The molecular weight excluding hydrogens is 634 g/mol. The number of benzene rings is 1. The Morgan fingerprint density at radius 3 is 2.73 bits per heavy atom. The van der Waals surface area contributed by atoms with Gasteiger partial charge in [-0.25, -0.2) is 13.9 Å². The average molecular weight is 671 g/mol. The molecule has 3 heterocycles. The van der Waals surface area contributed by atoms with E-state index in [2.05, 4.69) is 20.0 Å². The van der Waals surface area contributed by atoms with E-state index in [9.17, 15) is 19.3 Å². The summed E-state index contributed by atoms with van der Waals surface area (Å²) in [7, 11) is -4.15. The predicted molar refractivity (Wildman–Crippen MR) is 163 cm³/mol. The quantitative estimate of drug-likeness (QED) is 0.114. The van der Waals surface area contributed by atoms with Gasteiger partial charge in [0.25, 0.3) is 6.47 Å². The Balaban J connectivity index is 1.47. The molecule has 2 aromatic heterocycles. The van der Waals surface area contributed by atoms with Crippen molar-refractivity contribution in [1.82, 2.24) is 19.5 Å². The summed E-state index contributed by atoms with van der Waals surface area (Å²) < 4.78 is 58.5. The van der Waals surface area contributed by atoms with Crippen molar-refractivity contribution >= 4 is 53.9 Å². The highest BCUT2D eigenvalue weighted by Crippen LogP contribution is 2.50. The molecule has 4 rings (SSSR count). The summed E-state index contributed by atoms with van der Waals surface area (Å²) in [6.45, 7) is 5.89. The predicted octanol–water partition coefficient (Wildman–Crippen LogP) is 3.51. The third kappa shape index (κ3) is 8.09. The van der Waals surface area contributed by atoms with Gasteiger partial charge in [0.15, 0.2) is 28.2 Å². The van der Waals surface area contributed by atoms with E-state index < -0.39 is 43.9 Å². The highest BCUT2D eigenvalue weighted by Gasteiger charge is 2.56. The molecule has 0 spiro atoms. The first-order chi connectivity index (χ1) is 21.3. The molecule has 18 heteroatoms. The average Bonchev–Trinajstić information content (AvgIpc) is 3.51. The molecule has 45 heavy (non-hydrogen) atoms. The molecule has 0 aliphatic carbocycles. The summed E-state index contributed by atoms with van der Waals surface area (Å²) in [5.41, 5.74) is 3.27. The van der Waals surface area contributed by atoms with E-state index in [0.29, 0.717) is 5.69 Å². The lowest BCUT2D eigenvalue weighted by atomic mass is 9.97. The zero-order valence-electron chi connectivity index (χ0n) is 25.1. The first kappa shape index (κ1) is 34.5. The topological polar surface area (TPSA) is 199 Å². The Bertz CT molecular complexity index is 1530. The van der Waals surface area contributed by atoms with Crippen molar-refractivity contribution in [2.45, 2.75) is 51.8 Å². The van der Waals surface area contributed by atoms with Gasteiger partial charge in [-0.15, -0.1) is 0 Å². The number of aliphatic hydroxyl groups is 1. The largest absolute Gasteiger partial charge is 0.476 e. The number of alkyl halides is 1. The molecule has 3 aromatic rings. The normalized spacial score (nSPS) is 23.0. The summed E-state index contributed by atoms with van der Waals surface area (Å²) in [6, 6.07) is 8.44. The lowest BCUT2D eigenvalue weighted by molar-refractivity contribution is -0.134. The number of aromatic nitrogens is 4.